The summed E-state index contributed by atoms with van der Waals surface area (Å²) < 4.78 is 1.55. The van der Waals surface area contributed by atoms with Crippen molar-refractivity contribution in [3.63, 3.8) is 0 Å². The van der Waals surface area contributed by atoms with Gasteiger partial charge in [0, 0.05) is 43.9 Å². The number of carbonyl (C=O) groups is 1. The van der Waals surface area contributed by atoms with E-state index >= 15 is 0 Å². The van der Waals surface area contributed by atoms with Gasteiger partial charge in [-0.15, -0.1) is 0 Å². The maximum atomic E-state index is 12.2. The van der Waals surface area contributed by atoms with Crippen molar-refractivity contribution in [2.24, 2.45) is 7.05 Å². The number of benzene rings is 1. The van der Waals surface area contributed by atoms with E-state index in [2.05, 4.69) is 10.4 Å². The zero-order chi connectivity index (χ0) is 19.6. The molecule has 1 amide bonds. The summed E-state index contributed by atoms with van der Waals surface area (Å²) in [4.78, 5) is 27.2. The normalized spacial score (nSPS) is 15.0. The summed E-state index contributed by atoms with van der Waals surface area (Å²) >= 11 is 5.84. The van der Waals surface area contributed by atoms with E-state index in [0.717, 1.165) is 0 Å². The second kappa shape index (κ2) is 7.93. The Morgan fingerprint density at radius 1 is 1.26 bits per heavy atom. The maximum Gasteiger partial charge on any atom is 0.333 e. The Bertz CT molecular complexity index is 843. The van der Waals surface area contributed by atoms with Crippen molar-refractivity contribution < 1.29 is 9.72 Å². The molecule has 1 aromatic heterocycles. The fourth-order valence-corrected chi connectivity index (χ4v) is 3.38. The van der Waals surface area contributed by atoms with E-state index in [-0.39, 0.29) is 23.1 Å². The minimum atomic E-state index is -0.385. The molecule has 0 spiro atoms. The molecule has 1 fully saturated rings. The number of nitrogens with one attached hydrogen (secondary N) is 1. The SMILES string of the molecule is Cc1nn(C)c(N2CCN(CC(=O)Nc3ccc(Cl)cc3)CC2)c1[N+](=O)[O-]. The van der Waals surface area contributed by atoms with Crippen molar-refractivity contribution in [1.29, 1.82) is 0 Å². The van der Waals surface area contributed by atoms with Crippen LogP contribution in [-0.2, 0) is 11.8 Å². The van der Waals surface area contributed by atoms with Gasteiger partial charge < -0.3 is 10.2 Å². The number of rotatable bonds is 5. The van der Waals surface area contributed by atoms with Gasteiger partial charge in [-0.3, -0.25) is 19.8 Å². The number of amides is 1. The molecule has 0 bridgehead atoms. The highest BCUT2D eigenvalue weighted by Gasteiger charge is 2.30. The molecule has 2 aromatic rings. The van der Waals surface area contributed by atoms with Crippen LogP contribution in [0.1, 0.15) is 5.69 Å². The van der Waals surface area contributed by atoms with E-state index in [9.17, 15) is 14.9 Å². The third-order valence-corrected chi connectivity index (χ3v) is 4.76. The van der Waals surface area contributed by atoms with E-state index in [1.54, 1.807) is 42.9 Å². The zero-order valence-corrected chi connectivity index (χ0v) is 15.9. The Kier molecular flexibility index (Phi) is 5.62. The Balaban J connectivity index is 1.57. The first kappa shape index (κ1) is 19.1. The minimum Gasteiger partial charge on any atom is -0.349 e. The minimum absolute atomic E-state index is 0.0476. The molecular formula is C17H21ClN6O3. The number of piperazine rings is 1. The molecule has 2 heterocycles. The van der Waals surface area contributed by atoms with Crippen LogP contribution in [0.5, 0.6) is 0 Å². The van der Waals surface area contributed by atoms with Crippen LogP contribution in [0.15, 0.2) is 24.3 Å². The molecule has 1 aliphatic heterocycles. The van der Waals surface area contributed by atoms with Crippen LogP contribution in [0, 0.1) is 17.0 Å². The summed E-state index contributed by atoms with van der Waals surface area (Å²) in [6.45, 7) is 4.36. The molecule has 144 valence electrons. The van der Waals surface area contributed by atoms with E-state index in [1.165, 1.54) is 0 Å². The van der Waals surface area contributed by atoms with Gasteiger partial charge >= 0.3 is 5.69 Å². The summed E-state index contributed by atoms with van der Waals surface area (Å²) in [6, 6.07) is 6.95. The van der Waals surface area contributed by atoms with E-state index in [4.69, 9.17) is 11.6 Å². The number of nitrogens with zero attached hydrogens (tertiary/aromatic N) is 5. The van der Waals surface area contributed by atoms with Crippen LogP contribution in [0.4, 0.5) is 17.2 Å². The number of nitro groups is 1. The van der Waals surface area contributed by atoms with E-state index < -0.39 is 0 Å². The van der Waals surface area contributed by atoms with Crippen molar-refractivity contribution in [2.45, 2.75) is 6.92 Å². The number of anilines is 2. The second-order valence-corrected chi connectivity index (χ2v) is 6.89. The molecule has 0 aliphatic carbocycles. The number of halogens is 1. The van der Waals surface area contributed by atoms with Gasteiger partial charge in [-0.05, 0) is 31.2 Å². The third-order valence-electron chi connectivity index (χ3n) is 4.51. The largest absolute Gasteiger partial charge is 0.349 e. The van der Waals surface area contributed by atoms with Crippen LogP contribution in [0.3, 0.4) is 0 Å². The van der Waals surface area contributed by atoms with Gasteiger partial charge in [-0.25, -0.2) is 4.68 Å². The molecular weight excluding hydrogens is 372 g/mol. The third kappa shape index (κ3) is 4.37. The highest BCUT2D eigenvalue weighted by molar-refractivity contribution is 6.30. The lowest BCUT2D eigenvalue weighted by molar-refractivity contribution is -0.384. The van der Waals surface area contributed by atoms with Crippen molar-refractivity contribution >= 4 is 34.7 Å². The number of hydrogen-bond donors (Lipinski definition) is 1. The number of hydrogen-bond acceptors (Lipinski definition) is 6. The predicted octanol–water partition coefficient (Wildman–Crippen LogP) is 2.05. The van der Waals surface area contributed by atoms with Gasteiger partial charge in [0.25, 0.3) is 0 Å². The molecule has 1 aromatic carbocycles. The van der Waals surface area contributed by atoms with Gasteiger partial charge in [0.15, 0.2) is 0 Å². The first-order valence-corrected chi connectivity index (χ1v) is 8.93. The smallest absolute Gasteiger partial charge is 0.333 e. The summed E-state index contributed by atoms with van der Waals surface area (Å²) in [7, 11) is 1.71. The standard InChI is InChI=1S/C17H21ClN6O3/c1-12-16(24(26)27)17(21(2)20-12)23-9-7-22(8-10-23)11-15(25)19-14-5-3-13(18)4-6-14/h3-6H,7-11H2,1-2H3,(H,19,25). The molecule has 3 rings (SSSR count). The first-order chi connectivity index (χ1) is 12.8. The predicted molar refractivity (Wildman–Crippen MR) is 103 cm³/mol. The lowest BCUT2D eigenvalue weighted by atomic mass is 10.2. The van der Waals surface area contributed by atoms with Gasteiger partial charge in [0.2, 0.25) is 11.7 Å². The van der Waals surface area contributed by atoms with Crippen LogP contribution >= 0.6 is 11.6 Å². The molecule has 1 aliphatic rings. The lowest BCUT2D eigenvalue weighted by Crippen LogP contribution is -2.49. The van der Waals surface area contributed by atoms with Crippen molar-refractivity contribution in [2.75, 3.05) is 42.9 Å². The molecule has 1 saturated heterocycles. The maximum absolute atomic E-state index is 12.2. The number of carbonyl (C=O) groups excluding carboxylic acids is 1. The fraction of sp³-hybridized carbons (Fsp3) is 0.412. The Labute approximate surface area is 161 Å². The highest BCUT2D eigenvalue weighted by atomic mass is 35.5. The van der Waals surface area contributed by atoms with Gasteiger partial charge in [-0.2, -0.15) is 5.10 Å². The fourth-order valence-electron chi connectivity index (χ4n) is 3.26. The van der Waals surface area contributed by atoms with Crippen LogP contribution < -0.4 is 10.2 Å². The van der Waals surface area contributed by atoms with Gasteiger partial charge in [0.1, 0.15) is 5.69 Å². The van der Waals surface area contributed by atoms with E-state index in [0.29, 0.717) is 48.4 Å². The van der Waals surface area contributed by atoms with E-state index in [1.807, 2.05) is 9.80 Å². The molecule has 9 nitrogen and oxygen atoms in total. The van der Waals surface area contributed by atoms with Crippen LogP contribution in [0.25, 0.3) is 0 Å². The van der Waals surface area contributed by atoms with Crippen molar-refractivity contribution in [3.8, 4) is 0 Å². The molecule has 27 heavy (non-hydrogen) atoms. The second-order valence-electron chi connectivity index (χ2n) is 6.46. The van der Waals surface area contributed by atoms with Crippen LogP contribution in [-0.4, -0.2) is 58.2 Å². The zero-order valence-electron chi connectivity index (χ0n) is 15.2. The molecule has 0 saturated carbocycles. The Hall–Kier alpha value is -2.65. The summed E-state index contributed by atoms with van der Waals surface area (Å²) in [5, 5.41) is 19.0. The summed E-state index contributed by atoms with van der Waals surface area (Å²) in [6.07, 6.45) is 0. The van der Waals surface area contributed by atoms with Crippen molar-refractivity contribution in [1.82, 2.24) is 14.7 Å². The average Bonchev–Trinajstić information content (AvgIpc) is 2.92. The first-order valence-electron chi connectivity index (χ1n) is 8.56. The molecule has 1 N–H and O–H groups in total. The monoisotopic (exact) mass is 392 g/mol. The lowest BCUT2D eigenvalue weighted by Gasteiger charge is -2.34. The molecule has 0 unspecified atom stereocenters. The average molecular weight is 393 g/mol. The van der Waals surface area contributed by atoms with Gasteiger partial charge in [-0.1, -0.05) is 11.6 Å². The quantitative estimate of drug-likeness (QED) is 0.618. The Morgan fingerprint density at radius 2 is 1.89 bits per heavy atom. The molecule has 0 atom stereocenters. The summed E-state index contributed by atoms with van der Waals surface area (Å²) in [5.41, 5.74) is 1.15. The topological polar surface area (TPSA) is 96.5 Å². The van der Waals surface area contributed by atoms with Gasteiger partial charge in [0.05, 0.1) is 11.5 Å². The Morgan fingerprint density at radius 3 is 2.48 bits per heavy atom. The number of aryl methyl sites for hydroxylation is 2. The van der Waals surface area contributed by atoms with Crippen molar-refractivity contribution in [3.05, 3.63) is 45.1 Å². The molecule has 10 heteroatoms. The number of aromatic nitrogens is 2. The molecule has 0 radical (unpaired) electrons. The highest BCUT2D eigenvalue weighted by Crippen LogP contribution is 2.31. The van der Waals surface area contributed by atoms with Crippen LogP contribution in [0.2, 0.25) is 5.02 Å². The summed E-state index contributed by atoms with van der Waals surface area (Å²) in [5.74, 6) is 0.413.